The minimum Gasteiger partial charge on any atom is -0.208 e. The van der Waals surface area contributed by atoms with Crippen LogP contribution in [0.2, 0.25) is 10.0 Å². The second-order valence-corrected chi connectivity index (χ2v) is 8.07. The van der Waals surface area contributed by atoms with E-state index >= 15 is 0 Å². The largest absolute Gasteiger partial charge is 0.243 e. The summed E-state index contributed by atoms with van der Waals surface area (Å²) in [7, 11) is -3.74. The van der Waals surface area contributed by atoms with Crippen LogP contribution in [0.5, 0.6) is 0 Å². The van der Waals surface area contributed by atoms with Gasteiger partial charge in [0.25, 0.3) is 0 Å². The minimum absolute atomic E-state index is 0.0677. The number of rotatable bonds is 6. The highest BCUT2D eigenvalue weighted by Gasteiger charge is 2.26. The lowest BCUT2D eigenvalue weighted by atomic mass is 9.96. The zero-order valence-electron chi connectivity index (χ0n) is 11.6. The number of halogens is 3. The molecule has 1 aromatic carbocycles. The first-order chi connectivity index (χ1) is 9.22. The summed E-state index contributed by atoms with van der Waals surface area (Å²) in [6, 6.07) is 2.86. The van der Waals surface area contributed by atoms with Gasteiger partial charge in [0.2, 0.25) is 10.0 Å². The summed E-state index contributed by atoms with van der Waals surface area (Å²) in [4.78, 5) is -0.0677. The molecule has 1 aromatic rings. The Kier molecular flexibility index (Phi) is 6.80. The predicted octanol–water partition coefficient (Wildman–Crippen LogP) is 4.86. The Labute approximate surface area is 139 Å². The van der Waals surface area contributed by atoms with Crippen molar-refractivity contribution in [1.29, 1.82) is 0 Å². The number of hydrogen-bond acceptors (Lipinski definition) is 2. The Morgan fingerprint density at radius 3 is 2.05 bits per heavy atom. The SMILES string of the molecule is CCC(CC)C(C)NS(=O)(=O)c1c(Cl)cc(Br)cc1Cl. The molecule has 1 atom stereocenters. The minimum atomic E-state index is -3.74. The molecular weight excluding hydrogens is 385 g/mol. The van der Waals surface area contributed by atoms with Gasteiger partial charge in [-0.05, 0) is 25.0 Å². The lowest BCUT2D eigenvalue weighted by Gasteiger charge is -2.23. The predicted molar refractivity (Wildman–Crippen MR) is 88.0 cm³/mol. The van der Waals surface area contributed by atoms with E-state index in [0.29, 0.717) is 4.47 Å². The standard InChI is InChI=1S/C13H18BrCl2NO2S/c1-4-9(5-2)8(3)17-20(18,19)13-11(15)6-10(14)7-12(13)16/h6-9,17H,4-5H2,1-3H3. The lowest BCUT2D eigenvalue weighted by Crippen LogP contribution is -2.38. The maximum atomic E-state index is 12.4. The first-order valence-corrected chi connectivity index (χ1v) is 9.43. The summed E-state index contributed by atoms with van der Waals surface area (Å²) in [5, 5.41) is 0.210. The van der Waals surface area contributed by atoms with Crippen LogP contribution in [0.3, 0.4) is 0 Å². The van der Waals surface area contributed by atoms with E-state index in [4.69, 9.17) is 23.2 Å². The zero-order chi connectivity index (χ0) is 15.5. The van der Waals surface area contributed by atoms with Gasteiger partial charge in [-0.15, -0.1) is 0 Å². The van der Waals surface area contributed by atoms with E-state index in [2.05, 4.69) is 20.7 Å². The van der Waals surface area contributed by atoms with Crippen LogP contribution < -0.4 is 4.72 Å². The third-order valence-corrected chi connectivity index (χ3v) is 6.27. The van der Waals surface area contributed by atoms with Crippen LogP contribution in [0.15, 0.2) is 21.5 Å². The Bertz CT molecular complexity index is 551. The summed E-state index contributed by atoms with van der Waals surface area (Å²) in [5.41, 5.74) is 0. The van der Waals surface area contributed by atoms with Crippen molar-refractivity contribution in [3.8, 4) is 0 Å². The molecule has 0 radical (unpaired) electrons. The van der Waals surface area contributed by atoms with Gasteiger partial charge in [0.1, 0.15) is 4.90 Å². The molecule has 0 spiro atoms. The molecular formula is C13H18BrCl2NO2S. The van der Waals surface area contributed by atoms with Crippen molar-refractivity contribution >= 4 is 49.2 Å². The number of sulfonamides is 1. The van der Waals surface area contributed by atoms with E-state index in [1.54, 1.807) is 0 Å². The number of hydrogen-bond donors (Lipinski definition) is 1. The second kappa shape index (κ2) is 7.45. The third-order valence-electron chi connectivity index (χ3n) is 3.33. The van der Waals surface area contributed by atoms with Gasteiger partial charge in [0.05, 0.1) is 10.0 Å². The maximum absolute atomic E-state index is 12.4. The average Bonchev–Trinajstić information content (AvgIpc) is 2.27. The Morgan fingerprint density at radius 2 is 1.65 bits per heavy atom. The van der Waals surface area contributed by atoms with E-state index in [9.17, 15) is 8.42 Å². The molecule has 0 aliphatic carbocycles. The molecule has 7 heteroatoms. The Hall–Kier alpha value is 0.190. The first kappa shape index (κ1) is 18.2. The highest BCUT2D eigenvalue weighted by molar-refractivity contribution is 9.10. The monoisotopic (exact) mass is 401 g/mol. The van der Waals surface area contributed by atoms with Crippen molar-refractivity contribution in [1.82, 2.24) is 4.72 Å². The second-order valence-electron chi connectivity index (χ2n) is 4.69. The molecule has 1 rings (SSSR count). The van der Waals surface area contributed by atoms with Crippen molar-refractivity contribution in [2.75, 3.05) is 0 Å². The summed E-state index contributed by atoms with van der Waals surface area (Å²) < 4.78 is 28.2. The van der Waals surface area contributed by atoms with Gasteiger partial charge in [-0.1, -0.05) is 65.8 Å². The van der Waals surface area contributed by atoms with Gasteiger partial charge in [-0.25, -0.2) is 13.1 Å². The van der Waals surface area contributed by atoms with Crippen LogP contribution in [0.1, 0.15) is 33.6 Å². The molecule has 0 saturated carbocycles. The fourth-order valence-corrected chi connectivity index (χ4v) is 5.43. The molecule has 0 aliphatic heterocycles. The number of benzene rings is 1. The number of nitrogens with one attached hydrogen (secondary N) is 1. The first-order valence-electron chi connectivity index (χ1n) is 6.39. The molecule has 20 heavy (non-hydrogen) atoms. The van der Waals surface area contributed by atoms with Gasteiger partial charge in [0.15, 0.2) is 0 Å². The highest BCUT2D eigenvalue weighted by Crippen LogP contribution is 2.33. The van der Waals surface area contributed by atoms with Gasteiger partial charge < -0.3 is 0 Å². The molecule has 0 fully saturated rings. The third kappa shape index (κ3) is 4.34. The lowest BCUT2D eigenvalue weighted by molar-refractivity contribution is 0.391. The maximum Gasteiger partial charge on any atom is 0.243 e. The molecule has 0 aromatic heterocycles. The molecule has 0 aliphatic rings. The van der Waals surface area contributed by atoms with Gasteiger partial charge in [-0.3, -0.25) is 0 Å². The summed E-state index contributed by atoms with van der Waals surface area (Å²) >= 11 is 15.3. The molecule has 0 amide bonds. The van der Waals surface area contributed by atoms with E-state index in [-0.39, 0.29) is 26.9 Å². The van der Waals surface area contributed by atoms with Gasteiger partial charge >= 0.3 is 0 Å². The summed E-state index contributed by atoms with van der Waals surface area (Å²) in [5.74, 6) is 0.276. The van der Waals surface area contributed by atoms with Gasteiger partial charge in [0, 0.05) is 10.5 Å². The summed E-state index contributed by atoms with van der Waals surface area (Å²) in [6.07, 6.45) is 1.81. The molecule has 0 saturated heterocycles. The molecule has 3 nitrogen and oxygen atoms in total. The summed E-state index contributed by atoms with van der Waals surface area (Å²) in [6.45, 7) is 5.94. The van der Waals surface area contributed by atoms with Crippen molar-refractivity contribution in [3.63, 3.8) is 0 Å². The van der Waals surface area contributed by atoms with E-state index in [1.165, 1.54) is 12.1 Å². The fraction of sp³-hybridized carbons (Fsp3) is 0.538. The molecule has 114 valence electrons. The van der Waals surface area contributed by atoms with Gasteiger partial charge in [-0.2, -0.15) is 0 Å². The molecule has 0 bridgehead atoms. The average molecular weight is 403 g/mol. The molecule has 1 unspecified atom stereocenters. The highest BCUT2D eigenvalue weighted by atomic mass is 79.9. The van der Waals surface area contributed by atoms with E-state index < -0.39 is 10.0 Å². The topological polar surface area (TPSA) is 46.2 Å². The van der Waals surface area contributed by atoms with Crippen LogP contribution in [-0.4, -0.2) is 14.5 Å². The van der Waals surface area contributed by atoms with E-state index in [1.807, 2.05) is 20.8 Å². The zero-order valence-corrected chi connectivity index (χ0v) is 15.5. The normalized spacial score (nSPS) is 13.8. The smallest absolute Gasteiger partial charge is 0.208 e. The van der Waals surface area contributed by atoms with Crippen molar-refractivity contribution in [2.24, 2.45) is 5.92 Å². The van der Waals surface area contributed by atoms with Crippen LogP contribution in [0, 0.1) is 5.92 Å². The molecule has 1 N–H and O–H groups in total. The Morgan fingerprint density at radius 1 is 1.20 bits per heavy atom. The van der Waals surface area contributed by atoms with Crippen LogP contribution in [0.25, 0.3) is 0 Å². The fourth-order valence-electron chi connectivity index (χ4n) is 2.18. The van der Waals surface area contributed by atoms with Crippen LogP contribution in [-0.2, 0) is 10.0 Å². The van der Waals surface area contributed by atoms with E-state index in [0.717, 1.165) is 12.8 Å². The van der Waals surface area contributed by atoms with Crippen LogP contribution in [0.4, 0.5) is 0 Å². The van der Waals surface area contributed by atoms with Crippen molar-refractivity contribution in [3.05, 3.63) is 26.7 Å². The van der Waals surface area contributed by atoms with Crippen molar-refractivity contribution < 1.29 is 8.42 Å². The van der Waals surface area contributed by atoms with Crippen LogP contribution >= 0.6 is 39.1 Å². The Balaban J connectivity index is 3.12. The molecule has 0 heterocycles. The quantitative estimate of drug-likeness (QED) is 0.738. The van der Waals surface area contributed by atoms with Crippen molar-refractivity contribution in [2.45, 2.75) is 44.6 Å².